The number of carbonyl (C=O) groups is 2. The third kappa shape index (κ3) is 3.34. The van der Waals surface area contributed by atoms with Crippen LogP contribution in [0.5, 0.6) is 5.75 Å². The van der Waals surface area contributed by atoms with E-state index in [0.29, 0.717) is 11.8 Å². The Balaban J connectivity index is 2.75. The van der Waals surface area contributed by atoms with Crippen LogP contribution in [0.4, 0.5) is 0 Å². The lowest BCUT2D eigenvalue weighted by Gasteiger charge is -2.04. The Kier molecular flexibility index (Phi) is 4.27. The molecule has 4 nitrogen and oxygen atoms in total. The fourth-order valence-electron chi connectivity index (χ4n) is 0.941. The molecule has 0 fully saturated rings. The molecule has 0 aromatic heterocycles. The third-order valence-corrected chi connectivity index (χ3v) is 1.97. The molecule has 0 radical (unpaired) electrons. The largest absolute Gasteiger partial charge is 0.426 e. The van der Waals surface area contributed by atoms with Crippen LogP contribution in [-0.4, -0.2) is 24.0 Å². The maximum atomic E-state index is 11.0. The zero-order chi connectivity index (χ0) is 11.3. The predicted octanol–water partition coefficient (Wildman–Crippen LogP) is 1.44. The van der Waals surface area contributed by atoms with Gasteiger partial charge in [-0.3, -0.25) is 9.59 Å². The highest BCUT2D eigenvalue weighted by atomic mass is 35.5. The number of aliphatic hydroxyl groups excluding tert-OH is 1. The quantitative estimate of drug-likeness (QED) is 0.481. The second-order valence-corrected chi connectivity index (χ2v) is 3.16. The topological polar surface area (TPSA) is 63.6 Å². The average Bonchev–Trinajstić information content (AvgIpc) is 2.18. The molecular weight excluding hydrogens is 220 g/mol. The first-order valence-electron chi connectivity index (χ1n) is 4.23. The van der Waals surface area contributed by atoms with Crippen LogP contribution in [0.25, 0.3) is 0 Å². The van der Waals surface area contributed by atoms with Gasteiger partial charge in [-0.2, -0.15) is 0 Å². The number of hydrogen-bond donors (Lipinski definition) is 1. The molecule has 0 saturated carbocycles. The van der Waals surface area contributed by atoms with E-state index in [2.05, 4.69) is 0 Å². The van der Waals surface area contributed by atoms with Gasteiger partial charge in [0.15, 0.2) is 6.29 Å². The van der Waals surface area contributed by atoms with Crippen LogP contribution in [0.2, 0.25) is 5.02 Å². The monoisotopic (exact) mass is 228 g/mol. The van der Waals surface area contributed by atoms with Crippen molar-refractivity contribution in [3.8, 4) is 5.75 Å². The summed E-state index contributed by atoms with van der Waals surface area (Å²) in [6, 6.07) is 4.29. The Morgan fingerprint density at radius 3 is 2.80 bits per heavy atom. The molecule has 0 unspecified atom stereocenters. The fraction of sp³-hybridized carbons (Fsp3) is 0.200. The van der Waals surface area contributed by atoms with Crippen molar-refractivity contribution in [2.75, 3.05) is 6.61 Å². The van der Waals surface area contributed by atoms with Crippen LogP contribution in [0.3, 0.4) is 0 Å². The molecule has 0 bridgehead atoms. The number of aldehydes is 1. The summed E-state index contributed by atoms with van der Waals surface area (Å²) in [6.07, 6.45) is 0.536. The summed E-state index contributed by atoms with van der Waals surface area (Å²) >= 11 is 5.72. The van der Waals surface area contributed by atoms with E-state index in [1.54, 1.807) is 0 Å². The van der Waals surface area contributed by atoms with E-state index in [4.69, 9.17) is 21.4 Å². The van der Waals surface area contributed by atoms with Crippen molar-refractivity contribution in [3.63, 3.8) is 0 Å². The summed E-state index contributed by atoms with van der Waals surface area (Å²) in [4.78, 5) is 21.4. The van der Waals surface area contributed by atoms with Crippen LogP contribution in [0.15, 0.2) is 18.2 Å². The smallest absolute Gasteiger partial charge is 0.313 e. The van der Waals surface area contributed by atoms with Gasteiger partial charge in [-0.15, -0.1) is 0 Å². The first-order valence-corrected chi connectivity index (χ1v) is 4.61. The maximum Gasteiger partial charge on any atom is 0.313 e. The molecule has 5 heteroatoms. The van der Waals surface area contributed by atoms with E-state index in [0.717, 1.165) is 0 Å². The SMILES string of the molecule is O=Cc1ccc(OC(=O)CCO)cc1Cl. The van der Waals surface area contributed by atoms with Gasteiger partial charge in [0.05, 0.1) is 18.1 Å². The standard InChI is InChI=1S/C10H9ClO4/c11-9-5-8(2-1-7(9)6-13)15-10(14)3-4-12/h1-2,5-6,12H,3-4H2. The number of carbonyl (C=O) groups excluding carboxylic acids is 2. The molecule has 0 aliphatic rings. The number of halogens is 1. The molecule has 0 aliphatic heterocycles. The Hall–Kier alpha value is -1.39. The highest BCUT2D eigenvalue weighted by Crippen LogP contribution is 2.21. The van der Waals surface area contributed by atoms with Crippen molar-refractivity contribution in [2.24, 2.45) is 0 Å². The van der Waals surface area contributed by atoms with Crippen LogP contribution in [0.1, 0.15) is 16.8 Å². The van der Waals surface area contributed by atoms with Crippen molar-refractivity contribution in [3.05, 3.63) is 28.8 Å². The molecule has 0 heterocycles. The summed E-state index contributed by atoms with van der Waals surface area (Å²) in [6.45, 7) is -0.265. The van der Waals surface area contributed by atoms with Crippen LogP contribution in [-0.2, 0) is 4.79 Å². The Labute approximate surface area is 91.4 Å². The van der Waals surface area contributed by atoms with E-state index < -0.39 is 5.97 Å². The van der Waals surface area contributed by atoms with Crippen molar-refractivity contribution < 1.29 is 19.4 Å². The fourth-order valence-corrected chi connectivity index (χ4v) is 1.16. The highest BCUT2D eigenvalue weighted by Gasteiger charge is 2.06. The third-order valence-electron chi connectivity index (χ3n) is 1.65. The molecule has 0 amide bonds. The molecule has 80 valence electrons. The van der Waals surface area contributed by atoms with Crippen molar-refractivity contribution in [2.45, 2.75) is 6.42 Å². The van der Waals surface area contributed by atoms with Gasteiger partial charge in [-0.1, -0.05) is 11.6 Å². The molecule has 0 aliphatic carbocycles. The Bertz CT molecular complexity index is 376. The summed E-state index contributed by atoms with van der Waals surface area (Å²) < 4.78 is 4.84. The van der Waals surface area contributed by atoms with Gasteiger partial charge < -0.3 is 9.84 Å². The average molecular weight is 229 g/mol. The zero-order valence-electron chi connectivity index (χ0n) is 7.77. The van der Waals surface area contributed by atoms with Crippen molar-refractivity contribution >= 4 is 23.9 Å². The van der Waals surface area contributed by atoms with Crippen LogP contribution in [0, 0.1) is 0 Å². The van der Waals surface area contributed by atoms with Gasteiger partial charge >= 0.3 is 5.97 Å². The molecular formula is C10H9ClO4. The lowest BCUT2D eigenvalue weighted by molar-refractivity contribution is -0.135. The molecule has 1 aromatic rings. The minimum absolute atomic E-state index is 0.0763. The molecule has 0 saturated heterocycles. The normalized spacial score (nSPS) is 9.73. The number of ether oxygens (including phenoxy) is 1. The van der Waals surface area contributed by atoms with Gasteiger partial charge in [0, 0.05) is 11.6 Å². The summed E-state index contributed by atoms with van der Waals surface area (Å²) in [5.41, 5.74) is 0.332. The van der Waals surface area contributed by atoms with Crippen LogP contribution < -0.4 is 4.74 Å². The lowest BCUT2D eigenvalue weighted by atomic mass is 10.2. The number of rotatable bonds is 4. The van der Waals surface area contributed by atoms with E-state index in [-0.39, 0.29) is 23.8 Å². The minimum Gasteiger partial charge on any atom is -0.426 e. The zero-order valence-corrected chi connectivity index (χ0v) is 8.53. The molecule has 15 heavy (non-hydrogen) atoms. The molecule has 0 atom stereocenters. The van der Waals surface area contributed by atoms with Gasteiger partial charge in [-0.05, 0) is 12.1 Å². The summed E-state index contributed by atoms with van der Waals surface area (Å²) in [7, 11) is 0. The number of aliphatic hydroxyl groups is 1. The number of hydrogen-bond acceptors (Lipinski definition) is 4. The van der Waals surface area contributed by atoms with Gasteiger partial charge in [-0.25, -0.2) is 0 Å². The Morgan fingerprint density at radius 2 is 2.27 bits per heavy atom. The van der Waals surface area contributed by atoms with Gasteiger partial charge in [0.25, 0.3) is 0 Å². The predicted molar refractivity (Wildman–Crippen MR) is 54.2 cm³/mol. The first-order chi connectivity index (χ1) is 7.17. The van der Waals surface area contributed by atoms with Crippen LogP contribution >= 0.6 is 11.6 Å². The van der Waals surface area contributed by atoms with Gasteiger partial charge in [0.2, 0.25) is 0 Å². The van der Waals surface area contributed by atoms with E-state index >= 15 is 0 Å². The second-order valence-electron chi connectivity index (χ2n) is 2.75. The molecule has 1 N–H and O–H groups in total. The van der Waals surface area contributed by atoms with E-state index in [1.165, 1.54) is 18.2 Å². The van der Waals surface area contributed by atoms with Crippen molar-refractivity contribution in [1.82, 2.24) is 0 Å². The molecule has 1 aromatic carbocycles. The molecule has 1 rings (SSSR count). The summed E-state index contributed by atoms with van der Waals surface area (Å²) in [5.74, 6) is -0.295. The second kappa shape index (κ2) is 5.48. The number of esters is 1. The van der Waals surface area contributed by atoms with Crippen molar-refractivity contribution in [1.29, 1.82) is 0 Å². The highest BCUT2D eigenvalue weighted by molar-refractivity contribution is 6.33. The number of benzene rings is 1. The first kappa shape index (κ1) is 11.7. The van der Waals surface area contributed by atoms with E-state index in [1.807, 2.05) is 0 Å². The minimum atomic E-state index is -0.549. The van der Waals surface area contributed by atoms with Gasteiger partial charge in [0.1, 0.15) is 5.75 Å². The maximum absolute atomic E-state index is 11.0. The summed E-state index contributed by atoms with van der Waals surface area (Å²) in [5, 5.41) is 8.70. The molecule has 0 spiro atoms. The van der Waals surface area contributed by atoms with E-state index in [9.17, 15) is 9.59 Å². The lowest BCUT2D eigenvalue weighted by Crippen LogP contribution is -2.09. The Morgan fingerprint density at radius 1 is 1.53 bits per heavy atom.